The summed E-state index contributed by atoms with van der Waals surface area (Å²) in [6.07, 6.45) is 0. The fourth-order valence-corrected chi connectivity index (χ4v) is 1.32. The van der Waals surface area contributed by atoms with Crippen LogP contribution in [0.4, 0.5) is 0 Å². The maximum absolute atomic E-state index is 11.0. The molecule has 0 fully saturated rings. The van der Waals surface area contributed by atoms with Gasteiger partial charge in [0, 0.05) is 12.7 Å². The molecular formula is C7H13N3O4S. The minimum absolute atomic E-state index is 0.0429. The number of nitrogens with two attached hydrogens (primary N) is 1. The van der Waals surface area contributed by atoms with Crippen LogP contribution in [0.2, 0.25) is 0 Å². The van der Waals surface area contributed by atoms with Crippen LogP contribution in [0.3, 0.4) is 0 Å². The Morgan fingerprint density at radius 1 is 1.40 bits per heavy atom. The van der Waals surface area contributed by atoms with Gasteiger partial charge in [0.2, 0.25) is 11.8 Å². The normalized spacial score (nSPS) is 11.6. The number of carboxylic acid groups (broad SMARTS) is 1. The van der Waals surface area contributed by atoms with Gasteiger partial charge in [0.05, 0.1) is 5.75 Å². The fraction of sp³-hybridized carbons (Fsp3) is 0.571. The van der Waals surface area contributed by atoms with E-state index < -0.39 is 17.9 Å². The van der Waals surface area contributed by atoms with Gasteiger partial charge < -0.3 is 10.8 Å². The van der Waals surface area contributed by atoms with Gasteiger partial charge in [0.25, 0.3) is 0 Å². The molecule has 0 spiro atoms. The van der Waals surface area contributed by atoms with Gasteiger partial charge in [-0.15, -0.1) is 11.8 Å². The van der Waals surface area contributed by atoms with Crippen molar-refractivity contribution in [3.05, 3.63) is 0 Å². The molecule has 0 aliphatic carbocycles. The molecule has 0 aliphatic rings. The van der Waals surface area contributed by atoms with Crippen molar-refractivity contribution in [2.75, 3.05) is 11.5 Å². The van der Waals surface area contributed by atoms with E-state index in [0.717, 1.165) is 11.8 Å². The molecule has 0 aromatic carbocycles. The largest absolute Gasteiger partial charge is 0.480 e. The van der Waals surface area contributed by atoms with Crippen molar-refractivity contribution in [3.8, 4) is 0 Å². The number of amides is 2. The lowest BCUT2D eigenvalue weighted by molar-refractivity contribution is -0.138. The first-order valence-corrected chi connectivity index (χ1v) is 5.20. The number of hydrogen-bond donors (Lipinski definition) is 4. The Bertz CT molecular complexity index is 259. The van der Waals surface area contributed by atoms with Crippen LogP contribution in [0.5, 0.6) is 0 Å². The Labute approximate surface area is 90.7 Å². The molecular weight excluding hydrogens is 222 g/mol. The van der Waals surface area contributed by atoms with Crippen molar-refractivity contribution in [2.45, 2.75) is 13.0 Å². The van der Waals surface area contributed by atoms with Gasteiger partial charge in [-0.2, -0.15) is 0 Å². The van der Waals surface area contributed by atoms with Gasteiger partial charge in [-0.3, -0.25) is 25.2 Å². The van der Waals surface area contributed by atoms with Gasteiger partial charge in [-0.1, -0.05) is 0 Å². The lowest BCUT2D eigenvalue weighted by Crippen LogP contribution is -2.41. The molecule has 2 amide bonds. The zero-order valence-electron chi connectivity index (χ0n) is 8.15. The Kier molecular flexibility index (Phi) is 6.47. The first kappa shape index (κ1) is 13.7. The van der Waals surface area contributed by atoms with Crippen LogP contribution in [0, 0.1) is 0 Å². The average Bonchev–Trinajstić information content (AvgIpc) is 2.14. The molecule has 5 N–H and O–H groups in total. The Morgan fingerprint density at radius 2 is 2.00 bits per heavy atom. The number of nitrogens with one attached hydrogen (secondary N) is 2. The summed E-state index contributed by atoms with van der Waals surface area (Å²) in [6.45, 7) is 1.26. The lowest BCUT2D eigenvalue weighted by atomic mass is 10.4. The number of carbonyl (C=O) groups excluding carboxylic acids is 2. The summed E-state index contributed by atoms with van der Waals surface area (Å²) >= 11 is 1.08. The van der Waals surface area contributed by atoms with Crippen LogP contribution in [-0.4, -0.2) is 40.4 Å². The van der Waals surface area contributed by atoms with Crippen molar-refractivity contribution in [3.63, 3.8) is 0 Å². The molecule has 0 radical (unpaired) electrons. The molecule has 1 unspecified atom stereocenters. The Morgan fingerprint density at radius 3 is 2.47 bits per heavy atom. The highest BCUT2D eigenvalue weighted by molar-refractivity contribution is 8.00. The van der Waals surface area contributed by atoms with Crippen molar-refractivity contribution >= 4 is 29.5 Å². The molecule has 0 aliphatic heterocycles. The number of carboxylic acids is 1. The van der Waals surface area contributed by atoms with Gasteiger partial charge in [0.15, 0.2) is 0 Å². The molecule has 0 heterocycles. The lowest BCUT2D eigenvalue weighted by Gasteiger charge is -2.06. The second-order valence-electron chi connectivity index (χ2n) is 2.69. The predicted molar refractivity (Wildman–Crippen MR) is 54.9 cm³/mol. The summed E-state index contributed by atoms with van der Waals surface area (Å²) in [5, 5.41) is 8.43. The zero-order chi connectivity index (χ0) is 11.8. The van der Waals surface area contributed by atoms with Crippen LogP contribution in [0.15, 0.2) is 0 Å². The summed E-state index contributed by atoms with van der Waals surface area (Å²) in [7, 11) is 0. The Hall–Kier alpha value is -1.28. The molecule has 15 heavy (non-hydrogen) atoms. The molecule has 1 atom stereocenters. The monoisotopic (exact) mass is 235 g/mol. The highest BCUT2D eigenvalue weighted by Crippen LogP contribution is 2.00. The SMILES string of the molecule is CC(=O)NNC(=O)CSCC(N)C(=O)O. The maximum Gasteiger partial charge on any atom is 0.321 e. The minimum Gasteiger partial charge on any atom is -0.480 e. The topological polar surface area (TPSA) is 122 Å². The maximum atomic E-state index is 11.0. The van der Waals surface area contributed by atoms with E-state index in [1.165, 1.54) is 6.92 Å². The van der Waals surface area contributed by atoms with Crippen LogP contribution >= 0.6 is 11.8 Å². The number of hydrazine groups is 1. The van der Waals surface area contributed by atoms with Crippen molar-refractivity contribution in [1.29, 1.82) is 0 Å². The average molecular weight is 235 g/mol. The number of aliphatic carboxylic acids is 1. The van der Waals surface area contributed by atoms with E-state index in [2.05, 4.69) is 10.9 Å². The van der Waals surface area contributed by atoms with Gasteiger partial charge in [0.1, 0.15) is 6.04 Å². The molecule has 0 saturated carbocycles. The van der Waals surface area contributed by atoms with Gasteiger partial charge >= 0.3 is 5.97 Å². The van der Waals surface area contributed by atoms with Crippen molar-refractivity contribution < 1.29 is 19.5 Å². The van der Waals surface area contributed by atoms with Gasteiger partial charge in [-0.05, 0) is 0 Å². The van der Waals surface area contributed by atoms with E-state index in [4.69, 9.17) is 10.8 Å². The quantitative estimate of drug-likeness (QED) is 0.421. The minimum atomic E-state index is -1.11. The highest BCUT2D eigenvalue weighted by atomic mass is 32.2. The summed E-state index contributed by atoms with van der Waals surface area (Å²) < 4.78 is 0. The van der Waals surface area contributed by atoms with Crippen LogP contribution < -0.4 is 16.6 Å². The third-order valence-corrected chi connectivity index (χ3v) is 2.29. The van der Waals surface area contributed by atoms with E-state index in [1.54, 1.807) is 0 Å². The summed E-state index contributed by atoms with van der Waals surface area (Å²) in [5.41, 5.74) is 9.45. The van der Waals surface area contributed by atoms with Crippen LogP contribution in [0.1, 0.15) is 6.92 Å². The Balaban J connectivity index is 3.55. The smallest absolute Gasteiger partial charge is 0.321 e. The molecule has 0 bridgehead atoms. The molecule has 0 aromatic rings. The van der Waals surface area contributed by atoms with Crippen LogP contribution in [0.25, 0.3) is 0 Å². The number of hydrogen-bond acceptors (Lipinski definition) is 5. The third kappa shape index (κ3) is 7.77. The second-order valence-corrected chi connectivity index (χ2v) is 3.72. The summed E-state index contributed by atoms with van der Waals surface area (Å²) in [4.78, 5) is 31.6. The zero-order valence-corrected chi connectivity index (χ0v) is 8.97. The van der Waals surface area contributed by atoms with Gasteiger partial charge in [-0.25, -0.2) is 0 Å². The third-order valence-electron chi connectivity index (χ3n) is 1.23. The molecule has 86 valence electrons. The number of rotatable bonds is 5. The van der Waals surface area contributed by atoms with E-state index in [1.807, 2.05) is 0 Å². The number of thioether (sulfide) groups is 1. The first-order valence-electron chi connectivity index (χ1n) is 4.05. The highest BCUT2D eigenvalue weighted by Gasteiger charge is 2.12. The first-order chi connectivity index (χ1) is 6.93. The molecule has 8 heteroatoms. The fourth-order valence-electron chi connectivity index (χ4n) is 0.544. The van der Waals surface area contributed by atoms with Crippen LogP contribution in [-0.2, 0) is 14.4 Å². The van der Waals surface area contributed by atoms with Crippen molar-refractivity contribution in [1.82, 2.24) is 10.9 Å². The van der Waals surface area contributed by atoms with E-state index in [0.29, 0.717) is 0 Å². The standard InChI is InChI=1S/C7H13N3O4S/c1-4(11)9-10-6(12)3-15-2-5(8)7(13)14/h5H,2-3,8H2,1H3,(H,9,11)(H,10,12)(H,13,14). The molecule has 0 saturated heterocycles. The van der Waals surface area contributed by atoms with E-state index in [-0.39, 0.29) is 17.4 Å². The van der Waals surface area contributed by atoms with E-state index in [9.17, 15) is 14.4 Å². The summed E-state index contributed by atoms with van der Waals surface area (Å²) in [5.74, 6) is -1.71. The van der Waals surface area contributed by atoms with Crippen molar-refractivity contribution in [2.24, 2.45) is 5.73 Å². The number of carbonyl (C=O) groups is 3. The molecule has 0 aromatic heterocycles. The second kappa shape index (κ2) is 7.07. The molecule has 0 rings (SSSR count). The predicted octanol–water partition coefficient (Wildman–Crippen LogP) is -1.70. The summed E-state index contributed by atoms with van der Waals surface area (Å²) in [6, 6.07) is -0.983. The molecule has 7 nitrogen and oxygen atoms in total. The van der Waals surface area contributed by atoms with E-state index >= 15 is 0 Å².